The highest BCUT2D eigenvalue weighted by molar-refractivity contribution is 5.92. The number of amidine groups is 1. The van der Waals surface area contributed by atoms with Crippen molar-refractivity contribution in [2.45, 2.75) is 12.6 Å². The Labute approximate surface area is 186 Å². The van der Waals surface area contributed by atoms with Crippen LogP contribution < -0.4 is 15.4 Å². The van der Waals surface area contributed by atoms with Gasteiger partial charge in [-0.2, -0.15) is 4.99 Å². The molecule has 0 bridgehead atoms. The Kier molecular flexibility index (Phi) is 5.67. The quantitative estimate of drug-likeness (QED) is 0.761. The van der Waals surface area contributed by atoms with Crippen molar-refractivity contribution < 1.29 is 18.7 Å². The van der Waals surface area contributed by atoms with E-state index in [1.165, 1.54) is 12.1 Å². The molecule has 0 aromatic heterocycles. The molecular weight excluding hydrogens is 413 g/mol. The molecule has 1 unspecified atom stereocenters. The highest BCUT2D eigenvalue weighted by atomic mass is 19.1. The number of piperazine rings is 1. The molecule has 8 nitrogen and oxygen atoms in total. The van der Waals surface area contributed by atoms with Gasteiger partial charge in [0.1, 0.15) is 24.8 Å². The Morgan fingerprint density at radius 1 is 1.16 bits per heavy atom. The van der Waals surface area contributed by atoms with Crippen LogP contribution in [0.4, 0.5) is 15.8 Å². The smallest absolute Gasteiger partial charge is 0.290 e. The number of likely N-dealkylation sites (N-methyl/N-ethyl adjacent to an activating group) is 1. The number of hydrogen-bond acceptors (Lipinski definition) is 7. The topological polar surface area (TPSA) is 78.4 Å². The predicted octanol–water partition coefficient (Wildman–Crippen LogP) is 2.25. The number of ether oxygens (including phenoxy) is 2. The Hall–Kier alpha value is -3.17. The highest BCUT2D eigenvalue weighted by Gasteiger charge is 2.27. The third-order valence-corrected chi connectivity index (χ3v) is 5.97. The van der Waals surface area contributed by atoms with Crippen molar-refractivity contribution >= 4 is 23.3 Å². The second-order valence-electron chi connectivity index (χ2n) is 8.37. The third-order valence-electron chi connectivity index (χ3n) is 5.97. The Morgan fingerprint density at radius 2 is 2.00 bits per heavy atom. The zero-order valence-electron chi connectivity index (χ0n) is 17.9. The van der Waals surface area contributed by atoms with Crippen LogP contribution in [0.5, 0.6) is 5.75 Å². The van der Waals surface area contributed by atoms with Gasteiger partial charge in [0.25, 0.3) is 6.02 Å². The molecule has 0 aliphatic carbocycles. The second-order valence-corrected chi connectivity index (χ2v) is 8.37. The lowest BCUT2D eigenvalue weighted by Gasteiger charge is -2.31. The molecule has 1 atom stereocenters. The summed E-state index contributed by atoms with van der Waals surface area (Å²) in [6.07, 6.45) is 0. The molecular formula is C23H26FN5O3. The van der Waals surface area contributed by atoms with Crippen LogP contribution in [0.1, 0.15) is 17.2 Å². The first-order valence-electron chi connectivity index (χ1n) is 10.8. The van der Waals surface area contributed by atoms with Gasteiger partial charge in [-0.1, -0.05) is 6.07 Å². The van der Waals surface area contributed by atoms with Crippen LogP contribution in [0, 0.1) is 5.82 Å². The minimum Gasteiger partial charge on any atom is -0.491 e. The van der Waals surface area contributed by atoms with E-state index in [1.54, 1.807) is 6.07 Å². The van der Waals surface area contributed by atoms with Gasteiger partial charge in [-0.25, -0.2) is 4.39 Å². The number of nitrogens with one attached hydrogen (secondary N) is 2. The van der Waals surface area contributed by atoms with Crippen LogP contribution >= 0.6 is 0 Å². The van der Waals surface area contributed by atoms with Crippen LogP contribution in [-0.2, 0) is 16.1 Å². The lowest BCUT2D eigenvalue weighted by atomic mass is 10.1. The Bertz CT molecular complexity index is 1050. The number of amides is 1. The summed E-state index contributed by atoms with van der Waals surface area (Å²) in [5, 5.41) is 6.21. The van der Waals surface area contributed by atoms with Crippen LogP contribution in [0.2, 0.25) is 0 Å². The molecule has 3 aliphatic rings. The largest absolute Gasteiger partial charge is 0.491 e. The molecule has 2 aromatic rings. The number of anilines is 1. The molecule has 3 aliphatic heterocycles. The van der Waals surface area contributed by atoms with Crippen LogP contribution in [0.3, 0.4) is 0 Å². The van der Waals surface area contributed by atoms with Crippen molar-refractivity contribution in [1.82, 2.24) is 15.1 Å². The normalized spacial score (nSPS) is 20.4. The van der Waals surface area contributed by atoms with Crippen molar-refractivity contribution in [2.24, 2.45) is 4.99 Å². The molecule has 3 heterocycles. The average Bonchev–Trinajstić information content (AvgIpc) is 3.17. The molecule has 1 saturated heterocycles. The summed E-state index contributed by atoms with van der Waals surface area (Å²) in [6.45, 7) is 4.87. The summed E-state index contributed by atoms with van der Waals surface area (Å²) in [4.78, 5) is 21.4. The van der Waals surface area contributed by atoms with Crippen LogP contribution in [0.25, 0.3) is 0 Å². The molecule has 9 heteroatoms. The lowest BCUT2D eigenvalue weighted by molar-refractivity contribution is -0.117. The first kappa shape index (κ1) is 20.7. The van der Waals surface area contributed by atoms with Gasteiger partial charge in [-0.15, -0.1) is 0 Å². The summed E-state index contributed by atoms with van der Waals surface area (Å²) >= 11 is 0. The maximum atomic E-state index is 13.4. The predicted molar refractivity (Wildman–Crippen MR) is 119 cm³/mol. The molecule has 5 rings (SSSR count). The van der Waals surface area contributed by atoms with Crippen molar-refractivity contribution in [1.29, 1.82) is 0 Å². The van der Waals surface area contributed by atoms with Gasteiger partial charge in [0.2, 0.25) is 5.91 Å². The fraction of sp³-hybridized carbons (Fsp3) is 0.391. The second kappa shape index (κ2) is 8.76. The highest BCUT2D eigenvalue weighted by Crippen LogP contribution is 2.34. The summed E-state index contributed by atoms with van der Waals surface area (Å²) in [5.41, 5.74) is 3.30. The molecule has 0 saturated carbocycles. The Morgan fingerprint density at radius 3 is 2.84 bits per heavy atom. The fourth-order valence-electron chi connectivity index (χ4n) is 4.11. The molecule has 32 heavy (non-hydrogen) atoms. The minimum absolute atomic E-state index is 0.0200. The van der Waals surface area contributed by atoms with E-state index >= 15 is 0 Å². The zero-order chi connectivity index (χ0) is 22.1. The summed E-state index contributed by atoms with van der Waals surface area (Å²) in [7, 11) is 2.09. The number of nitrogens with zero attached hydrogens (tertiary/aromatic N) is 3. The van der Waals surface area contributed by atoms with Gasteiger partial charge in [0, 0.05) is 49.1 Å². The lowest BCUT2D eigenvalue weighted by Crippen LogP contribution is -2.47. The summed E-state index contributed by atoms with van der Waals surface area (Å²) < 4.78 is 24.7. The first-order chi connectivity index (χ1) is 15.5. The van der Waals surface area contributed by atoms with Crippen molar-refractivity contribution in [3.05, 3.63) is 53.3 Å². The van der Waals surface area contributed by atoms with E-state index in [2.05, 4.69) is 32.5 Å². The monoisotopic (exact) mass is 439 g/mol. The number of hydrogen-bond donors (Lipinski definition) is 2. The third kappa shape index (κ3) is 4.53. The number of benzene rings is 2. The van der Waals surface area contributed by atoms with Crippen molar-refractivity contribution in [2.75, 3.05) is 51.7 Å². The van der Waals surface area contributed by atoms with E-state index in [-0.39, 0.29) is 17.8 Å². The van der Waals surface area contributed by atoms with Crippen LogP contribution in [-0.4, -0.2) is 68.1 Å². The molecule has 1 fully saturated rings. The van der Waals surface area contributed by atoms with Crippen molar-refractivity contribution in [3.63, 3.8) is 0 Å². The molecule has 2 aromatic carbocycles. The average molecular weight is 439 g/mol. The van der Waals surface area contributed by atoms with Gasteiger partial charge in [0.05, 0.1) is 18.3 Å². The number of halogens is 1. The SMILES string of the molecule is CN1CCN(CC(=O)Nc2ccc3c(c2)COC(NC2COc4cc(F)ccc42)=N3)CC1. The Balaban J connectivity index is 1.20. The number of carbonyl (C=O) groups is 1. The van der Waals surface area contributed by atoms with Gasteiger partial charge in [-0.3, -0.25) is 9.69 Å². The standard InChI is InChI=1S/C23H26FN5O3/c1-28-6-8-29(9-7-28)12-22(30)25-17-3-5-19-15(10-17)13-32-23(26-19)27-20-14-31-21-11-16(24)2-4-18(20)21/h2-5,10-11,20H,6-9,12-14H2,1H3,(H,25,30)(H,26,27). The minimum atomic E-state index is -0.323. The fourth-order valence-corrected chi connectivity index (χ4v) is 4.11. The molecule has 2 N–H and O–H groups in total. The maximum absolute atomic E-state index is 13.4. The maximum Gasteiger partial charge on any atom is 0.290 e. The van der Waals surface area contributed by atoms with Gasteiger partial charge in [-0.05, 0) is 31.3 Å². The number of aliphatic imine (C=N–C) groups is 1. The first-order valence-corrected chi connectivity index (χ1v) is 10.8. The van der Waals surface area contributed by atoms with Gasteiger partial charge >= 0.3 is 0 Å². The van der Waals surface area contributed by atoms with E-state index in [4.69, 9.17) is 9.47 Å². The molecule has 0 radical (unpaired) electrons. The van der Waals surface area contributed by atoms with E-state index in [9.17, 15) is 9.18 Å². The number of carbonyl (C=O) groups excluding carboxylic acids is 1. The van der Waals surface area contributed by atoms with Gasteiger partial charge < -0.3 is 25.0 Å². The van der Waals surface area contributed by atoms with E-state index in [0.717, 1.165) is 48.7 Å². The van der Waals surface area contributed by atoms with E-state index < -0.39 is 0 Å². The van der Waals surface area contributed by atoms with E-state index in [1.807, 2.05) is 18.2 Å². The van der Waals surface area contributed by atoms with Gasteiger partial charge in [0.15, 0.2) is 0 Å². The number of rotatable bonds is 4. The summed E-state index contributed by atoms with van der Waals surface area (Å²) in [5.74, 6) is 0.195. The number of fused-ring (bicyclic) bond motifs is 2. The molecule has 168 valence electrons. The molecule has 0 spiro atoms. The van der Waals surface area contributed by atoms with E-state index in [0.29, 0.717) is 31.5 Å². The van der Waals surface area contributed by atoms with Crippen LogP contribution in [0.15, 0.2) is 41.4 Å². The summed E-state index contributed by atoms with van der Waals surface area (Å²) in [6, 6.07) is 10.4. The van der Waals surface area contributed by atoms with Crippen molar-refractivity contribution in [3.8, 4) is 5.75 Å². The molecule has 1 amide bonds. The zero-order valence-corrected chi connectivity index (χ0v) is 17.9.